The summed E-state index contributed by atoms with van der Waals surface area (Å²) in [6.45, 7) is 14.5. The fourth-order valence-electron chi connectivity index (χ4n) is 4.69. The maximum atomic E-state index is 12.6. The van der Waals surface area contributed by atoms with E-state index in [0.29, 0.717) is 33.3 Å². The number of alkyl carbamates (subject to hydrolysis) is 2. The Balaban J connectivity index is 0.000000356. The number of esters is 2. The normalized spacial score (nSPS) is 11.8. The Hall–Kier alpha value is -5.29. The molecule has 2 atom stereocenters. The third-order valence-corrected chi connectivity index (χ3v) is 8.52. The van der Waals surface area contributed by atoms with Crippen molar-refractivity contribution < 1.29 is 38.1 Å². The summed E-state index contributed by atoms with van der Waals surface area (Å²) in [6.07, 6.45) is 2.61. The number of halogens is 3. The summed E-state index contributed by atoms with van der Waals surface area (Å²) >= 11 is 17.5. The lowest BCUT2D eigenvalue weighted by atomic mass is 10.2. The van der Waals surface area contributed by atoms with E-state index >= 15 is 0 Å². The highest BCUT2D eigenvalue weighted by Crippen LogP contribution is 2.21. The predicted octanol–water partition coefficient (Wildman–Crippen LogP) is 7.67. The molecule has 2 aromatic heterocycles. The topological polar surface area (TPSA) is 219 Å². The van der Waals surface area contributed by atoms with Crippen LogP contribution in [0.25, 0.3) is 0 Å². The van der Waals surface area contributed by atoms with Gasteiger partial charge in [0, 0.05) is 24.2 Å². The summed E-state index contributed by atoms with van der Waals surface area (Å²) in [5.74, 6) is -0.683. The van der Waals surface area contributed by atoms with Crippen molar-refractivity contribution >= 4 is 64.7 Å². The molecule has 0 fully saturated rings. The van der Waals surface area contributed by atoms with Crippen LogP contribution in [0.1, 0.15) is 77.6 Å². The van der Waals surface area contributed by atoms with E-state index in [1.165, 1.54) is 12.7 Å². The second-order valence-corrected chi connectivity index (χ2v) is 15.9. The predicted molar refractivity (Wildman–Crippen MR) is 234 cm³/mol. The van der Waals surface area contributed by atoms with Gasteiger partial charge in [0.05, 0.1) is 0 Å². The van der Waals surface area contributed by atoms with Gasteiger partial charge in [0.15, 0.2) is 0 Å². The van der Waals surface area contributed by atoms with Crippen molar-refractivity contribution in [3.8, 4) is 0 Å². The van der Waals surface area contributed by atoms with E-state index in [4.69, 9.17) is 59.5 Å². The lowest BCUT2D eigenvalue weighted by Gasteiger charge is -2.25. The minimum atomic E-state index is -0.994. The molecule has 2 unspecified atom stereocenters. The molecule has 2 aromatic carbocycles. The number of nitrogens with zero attached hydrogens (tertiary/aromatic N) is 4. The van der Waals surface area contributed by atoms with Crippen LogP contribution in [0.5, 0.6) is 0 Å². The van der Waals surface area contributed by atoms with Gasteiger partial charge in [-0.1, -0.05) is 109 Å². The number of nitrogens with two attached hydrogens (primary N) is 1. The smallest absolute Gasteiger partial charge is 0.408 e. The van der Waals surface area contributed by atoms with Crippen LogP contribution < -0.4 is 21.7 Å². The summed E-state index contributed by atoms with van der Waals surface area (Å²) < 4.78 is 20.8. The molecule has 0 radical (unpaired) electrons. The molecule has 16 nitrogen and oxygen atoms in total. The number of carbonyl (C=O) groups excluding carboxylic acids is 4. The zero-order chi connectivity index (χ0) is 45.6. The standard InChI is InChI=1S/C21H27ClN4O4.C15H22N2O4.C6H6Cl2N2/c1-5-15-17(22)24-13-25-18(15)23-11-16(19(27)30-21(2,3)4)26-20(28)29-12-14-9-7-6-8-10-14;1-15(2,3)21-13(18)12(9-16)17-14(19)20-10-11-7-5-4-6-8-11;1-2-4-5(7)9-3-10-6(4)8/h6-10,13,16H,5,11-12H2,1-4H3,(H,26,28)(H,23,24,25);4-8,12H,9-10,16H2,1-3H3,(H,17,19);3H,2H2,1H3. The van der Waals surface area contributed by atoms with Crippen LogP contribution in [-0.2, 0) is 54.6 Å². The number of hydrogen-bond acceptors (Lipinski definition) is 14. The summed E-state index contributed by atoms with van der Waals surface area (Å²) in [5, 5.41) is 9.23. The summed E-state index contributed by atoms with van der Waals surface area (Å²) in [6, 6.07) is 16.6. The van der Waals surface area contributed by atoms with Gasteiger partial charge in [-0.05, 0) is 65.5 Å². The number of aromatic nitrogens is 4. The second-order valence-electron chi connectivity index (χ2n) is 14.8. The van der Waals surface area contributed by atoms with Crippen LogP contribution in [0.2, 0.25) is 15.5 Å². The molecule has 0 spiro atoms. The number of anilines is 1. The van der Waals surface area contributed by atoms with E-state index in [2.05, 4.69) is 35.9 Å². The quantitative estimate of drug-likeness (QED) is 0.0542. The van der Waals surface area contributed by atoms with Crippen LogP contribution in [0.4, 0.5) is 15.4 Å². The van der Waals surface area contributed by atoms with Gasteiger partial charge in [-0.15, -0.1) is 0 Å². The molecule has 0 aliphatic carbocycles. The molecule has 2 heterocycles. The van der Waals surface area contributed by atoms with Gasteiger partial charge in [0.25, 0.3) is 0 Å². The van der Waals surface area contributed by atoms with Crippen molar-refractivity contribution in [3.63, 3.8) is 0 Å². The Labute approximate surface area is 372 Å². The van der Waals surface area contributed by atoms with Crippen LogP contribution in [-0.4, -0.2) is 80.4 Å². The molecule has 19 heteroatoms. The maximum Gasteiger partial charge on any atom is 0.408 e. The SMILES string of the molecule is CC(C)(C)OC(=O)C(CN)NC(=O)OCc1ccccc1.CCc1c(Cl)ncnc1Cl.CCc1c(Cl)ncnc1NCC(NC(=O)OCc1ccccc1)C(=O)OC(C)(C)C. The number of benzene rings is 2. The van der Waals surface area contributed by atoms with Gasteiger partial charge < -0.3 is 40.6 Å². The van der Waals surface area contributed by atoms with Crippen LogP contribution in [0.3, 0.4) is 0 Å². The molecule has 5 N–H and O–H groups in total. The van der Waals surface area contributed by atoms with Crippen LogP contribution >= 0.6 is 34.8 Å². The molecule has 0 saturated heterocycles. The van der Waals surface area contributed by atoms with Crippen molar-refractivity contribution in [1.29, 1.82) is 0 Å². The van der Waals surface area contributed by atoms with Gasteiger partial charge in [-0.2, -0.15) is 0 Å². The first-order valence-corrected chi connectivity index (χ1v) is 20.4. The van der Waals surface area contributed by atoms with Gasteiger partial charge in [0.2, 0.25) is 0 Å². The first kappa shape index (κ1) is 51.8. The fourth-order valence-corrected chi connectivity index (χ4v) is 5.53. The average molecular weight is 906 g/mol. The summed E-state index contributed by atoms with van der Waals surface area (Å²) in [5.41, 5.74) is 7.35. The van der Waals surface area contributed by atoms with Crippen molar-refractivity contribution in [1.82, 2.24) is 30.6 Å². The molecule has 332 valence electrons. The highest BCUT2D eigenvalue weighted by molar-refractivity contribution is 6.34. The number of nitrogens with one attached hydrogen (secondary N) is 3. The van der Waals surface area contributed by atoms with Crippen molar-refractivity contribution in [3.05, 3.63) is 111 Å². The lowest BCUT2D eigenvalue weighted by Crippen LogP contribution is -2.48. The van der Waals surface area contributed by atoms with E-state index in [1.807, 2.05) is 74.5 Å². The van der Waals surface area contributed by atoms with Crippen molar-refractivity contribution in [2.24, 2.45) is 5.73 Å². The molecular weight excluding hydrogens is 851 g/mol. The highest BCUT2D eigenvalue weighted by Gasteiger charge is 2.28. The largest absolute Gasteiger partial charge is 0.458 e. The Kier molecular flexibility index (Phi) is 22.2. The van der Waals surface area contributed by atoms with E-state index in [1.54, 1.807) is 41.5 Å². The zero-order valence-corrected chi connectivity index (χ0v) is 37.9. The van der Waals surface area contributed by atoms with Crippen LogP contribution in [0, 0.1) is 0 Å². The molecular formula is C42H55Cl3N8O8. The fraction of sp³-hybridized carbons (Fsp3) is 0.429. The summed E-state index contributed by atoms with van der Waals surface area (Å²) in [4.78, 5) is 64.1. The monoisotopic (exact) mass is 904 g/mol. The first-order chi connectivity index (χ1) is 28.8. The van der Waals surface area contributed by atoms with Gasteiger partial charge >= 0.3 is 24.1 Å². The van der Waals surface area contributed by atoms with Crippen molar-refractivity contribution in [2.75, 3.05) is 18.4 Å². The summed E-state index contributed by atoms with van der Waals surface area (Å²) in [7, 11) is 0. The molecule has 2 amide bonds. The number of rotatable bonds is 14. The Morgan fingerprint density at radius 1 is 0.623 bits per heavy atom. The molecule has 4 aromatic rings. The first-order valence-electron chi connectivity index (χ1n) is 19.2. The molecule has 61 heavy (non-hydrogen) atoms. The van der Waals surface area contributed by atoms with Crippen molar-refractivity contribution in [2.45, 2.75) is 105 Å². The van der Waals surface area contributed by atoms with E-state index in [0.717, 1.165) is 23.1 Å². The van der Waals surface area contributed by atoms with E-state index in [9.17, 15) is 19.2 Å². The Morgan fingerprint density at radius 3 is 1.41 bits per heavy atom. The minimum absolute atomic E-state index is 0.0374. The number of ether oxygens (including phenoxy) is 4. The number of hydrogen-bond donors (Lipinski definition) is 4. The molecule has 4 rings (SSSR count). The zero-order valence-electron chi connectivity index (χ0n) is 35.6. The lowest BCUT2D eigenvalue weighted by molar-refractivity contribution is -0.158. The third-order valence-electron chi connectivity index (χ3n) is 7.54. The maximum absolute atomic E-state index is 12.6. The van der Waals surface area contributed by atoms with Gasteiger partial charge in [-0.25, -0.2) is 39.1 Å². The highest BCUT2D eigenvalue weighted by atomic mass is 35.5. The molecule has 0 saturated carbocycles. The Bertz CT molecular complexity index is 1960. The van der Waals surface area contributed by atoms with E-state index < -0.39 is 47.4 Å². The minimum Gasteiger partial charge on any atom is -0.458 e. The van der Waals surface area contributed by atoms with E-state index in [-0.39, 0.29) is 26.3 Å². The van der Waals surface area contributed by atoms with Gasteiger partial charge in [0.1, 0.15) is 70.4 Å². The Morgan fingerprint density at radius 2 is 1.02 bits per heavy atom. The number of amides is 2. The third kappa shape index (κ3) is 20.7. The number of carbonyl (C=O) groups is 4. The van der Waals surface area contributed by atoms with Gasteiger partial charge in [-0.3, -0.25) is 0 Å². The van der Waals surface area contributed by atoms with Crippen LogP contribution in [0.15, 0.2) is 73.3 Å². The average Bonchev–Trinajstić information content (AvgIpc) is 3.20. The molecule has 0 aliphatic rings. The second kappa shape index (κ2) is 26.1. The molecule has 0 aliphatic heterocycles. The molecule has 0 bridgehead atoms.